The highest BCUT2D eigenvalue weighted by Crippen LogP contribution is 2.20. The van der Waals surface area contributed by atoms with Crippen LogP contribution in [0.3, 0.4) is 0 Å². The first-order chi connectivity index (χ1) is 14.5. The number of allylic oxidation sites excluding steroid dienone is 1. The van der Waals surface area contributed by atoms with Crippen molar-refractivity contribution in [2.45, 2.75) is 32.4 Å². The van der Waals surface area contributed by atoms with Crippen LogP contribution in [0.4, 0.5) is 5.13 Å². The van der Waals surface area contributed by atoms with Gasteiger partial charge in [-0.25, -0.2) is 4.98 Å². The Bertz CT molecular complexity index is 1200. The van der Waals surface area contributed by atoms with Gasteiger partial charge in [-0.1, -0.05) is 12.5 Å². The zero-order valence-electron chi connectivity index (χ0n) is 16.5. The van der Waals surface area contributed by atoms with E-state index in [4.69, 9.17) is 12.2 Å². The van der Waals surface area contributed by atoms with Crippen molar-refractivity contribution in [1.29, 1.82) is 0 Å². The van der Waals surface area contributed by atoms with Crippen LogP contribution in [0.2, 0.25) is 0 Å². The molecular formula is C21H23N5O2S2. The fraction of sp³-hybridized carbons (Fsp3) is 0.333. The third kappa shape index (κ3) is 4.43. The number of carbonyl (C=O) groups excluding carboxylic acids is 1. The van der Waals surface area contributed by atoms with Crippen molar-refractivity contribution in [3.05, 3.63) is 62.6 Å². The van der Waals surface area contributed by atoms with Gasteiger partial charge in [-0.2, -0.15) is 0 Å². The van der Waals surface area contributed by atoms with Crippen molar-refractivity contribution in [3.63, 3.8) is 0 Å². The number of rotatable bonds is 6. The van der Waals surface area contributed by atoms with E-state index >= 15 is 0 Å². The van der Waals surface area contributed by atoms with E-state index in [1.807, 2.05) is 5.38 Å². The lowest BCUT2D eigenvalue weighted by Crippen LogP contribution is -2.29. The van der Waals surface area contributed by atoms with E-state index in [1.54, 1.807) is 24.3 Å². The Labute approximate surface area is 183 Å². The smallest absolute Gasteiger partial charge is 0.262 e. The molecule has 1 aliphatic rings. The summed E-state index contributed by atoms with van der Waals surface area (Å²) in [6.45, 7) is 7.00. The van der Waals surface area contributed by atoms with Crippen molar-refractivity contribution < 1.29 is 4.79 Å². The first-order valence-corrected chi connectivity index (χ1v) is 11.2. The van der Waals surface area contributed by atoms with E-state index in [1.165, 1.54) is 35.2 Å². The van der Waals surface area contributed by atoms with Crippen LogP contribution in [0.5, 0.6) is 0 Å². The number of aromatic amines is 1. The van der Waals surface area contributed by atoms with Crippen LogP contribution in [0.15, 0.2) is 41.0 Å². The quantitative estimate of drug-likeness (QED) is 0.447. The SMILES string of the molecule is C=CCn1c(=S)[nH]c2cc(C(=O)Nc3nc(CN4CCCCC4)cs3)ccc2c1=O. The molecule has 1 amide bonds. The standard InChI is InChI=1S/C21H23N5O2S2/c1-2-8-26-19(28)16-7-6-14(11-17(16)23-21(26)29)18(27)24-20-22-15(13-30-20)12-25-9-4-3-5-10-25/h2,6-7,11,13H,1,3-5,8-10,12H2,(H,23,29)(H,22,24,27). The molecule has 1 aliphatic heterocycles. The number of H-pyrrole nitrogens is 1. The summed E-state index contributed by atoms with van der Waals surface area (Å²) in [7, 11) is 0. The topological polar surface area (TPSA) is 83.0 Å². The number of fused-ring (bicyclic) bond motifs is 1. The number of hydrogen-bond donors (Lipinski definition) is 2. The average Bonchev–Trinajstić information content (AvgIpc) is 3.18. The number of piperidine rings is 1. The van der Waals surface area contributed by atoms with Crippen LogP contribution < -0.4 is 10.9 Å². The van der Waals surface area contributed by atoms with Gasteiger partial charge in [0.25, 0.3) is 11.5 Å². The molecule has 156 valence electrons. The minimum Gasteiger partial charge on any atom is -0.332 e. The van der Waals surface area contributed by atoms with Gasteiger partial charge in [-0.15, -0.1) is 17.9 Å². The van der Waals surface area contributed by atoms with Crippen LogP contribution in [-0.4, -0.2) is 38.4 Å². The zero-order valence-corrected chi connectivity index (χ0v) is 18.2. The van der Waals surface area contributed by atoms with Crippen molar-refractivity contribution in [2.24, 2.45) is 0 Å². The lowest BCUT2D eigenvalue weighted by Gasteiger charge is -2.25. The van der Waals surface area contributed by atoms with Crippen molar-refractivity contribution in [1.82, 2.24) is 19.4 Å². The number of thiazole rings is 1. The summed E-state index contributed by atoms with van der Waals surface area (Å²) in [4.78, 5) is 35.3. The second-order valence-corrected chi connectivity index (χ2v) is 8.57. The molecule has 0 bridgehead atoms. The number of nitrogens with one attached hydrogen (secondary N) is 2. The van der Waals surface area contributed by atoms with Crippen molar-refractivity contribution in [3.8, 4) is 0 Å². The van der Waals surface area contributed by atoms with Crippen LogP contribution in [-0.2, 0) is 13.1 Å². The number of likely N-dealkylation sites (tertiary alicyclic amines) is 1. The zero-order chi connectivity index (χ0) is 21.1. The van der Waals surface area contributed by atoms with Gasteiger partial charge in [-0.3, -0.25) is 24.4 Å². The Morgan fingerprint density at radius 2 is 2.13 bits per heavy atom. The van der Waals surface area contributed by atoms with E-state index in [2.05, 4.69) is 26.8 Å². The Morgan fingerprint density at radius 3 is 2.90 bits per heavy atom. The van der Waals surface area contributed by atoms with Crippen molar-refractivity contribution in [2.75, 3.05) is 18.4 Å². The molecule has 2 N–H and O–H groups in total. The summed E-state index contributed by atoms with van der Waals surface area (Å²) in [6, 6.07) is 4.92. The van der Waals surface area contributed by atoms with Gasteiger partial charge in [0.1, 0.15) is 0 Å². The molecule has 0 atom stereocenters. The molecule has 0 spiro atoms. The molecule has 4 rings (SSSR count). The molecule has 1 fully saturated rings. The van der Waals surface area contributed by atoms with Crippen molar-refractivity contribution >= 4 is 45.5 Å². The van der Waals surface area contributed by atoms with Crippen LogP contribution >= 0.6 is 23.6 Å². The Hall–Kier alpha value is -2.62. The highest BCUT2D eigenvalue weighted by atomic mass is 32.1. The maximum atomic E-state index is 12.7. The number of carbonyl (C=O) groups is 1. The molecule has 0 unspecified atom stereocenters. The Morgan fingerprint density at radius 1 is 1.33 bits per heavy atom. The summed E-state index contributed by atoms with van der Waals surface area (Å²) < 4.78 is 1.73. The van der Waals surface area contributed by atoms with Crippen LogP contribution in [0, 0.1) is 4.77 Å². The fourth-order valence-corrected chi connectivity index (χ4v) is 4.61. The Kier molecular flexibility index (Phi) is 6.21. The number of aromatic nitrogens is 3. The third-order valence-electron chi connectivity index (χ3n) is 5.16. The predicted molar refractivity (Wildman–Crippen MR) is 123 cm³/mol. The molecule has 7 nitrogen and oxygen atoms in total. The molecule has 30 heavy (non-hydrogen) atoms. The molecular weight excluding hydrogens is 418 g/mol. The van der Waals surface area contributed by atoms with Gasteiger partial charge < -0.3 is 4.98 Å². The second kappa shape index (κ2) is 9.03. The minimum atomic E-state index is -0.273. The second-order valence-electron chi connectivity index (χ2n) is 7.33. The first kappa shape index (κ1) is 20.6. The van der Waals surface area contributed by atoms with Gasteiger partial charge in [0.15, 0.2) is 9.90 Å². The minimum absolute atomic E-state index is 0.206. The van der Waals surface area contributed by atoms with E-state index in [0.717, 1.165) is 25.3 Å². The molecule has 3 aromatic rings. The van der Waals surface area contributed by atoms with Gasteiger partial charge in [-0.05, 0) is 56.3 Å². The predicted octanol–water partition coefficient (Wildman–Crippen LogP) is 3.94. The largest absolute Gasteiger partial charge is 0.332 e. The molecule has 1 aromatic carbocycles. The summed E-state index contributed by atoms with van der Waals surface area (Å²) >= 11 is 6.68. The first-order valence-electron chi connectivity index (χ1n) is 9.91. The van der Waals surface area contributed by atoms with E-state index in [0.29, 0.717) is 32.9 Å². The van der Waals surface area contributed by atoms with Gasteiger partial charge in [0.2, 0.25) is 0 Å². The lowest BCUT2D eigenvalue weighted by molar-refractivity contribution is 0.102. The lowest BCUT2D eigenvalue weighted by atomic mass is 10.1. The number of benzene rings is 1. The molecule has 2 aromatic heterocycles. The molecule has 1 saturated heterocycles. The maximum absolute atomic E-state index is 12.7. The van der Waals surface area contributed by atoms with E-state index < -0.39 is 0 Å². The molecule has 0 saturated carbocycles. The van der Waals surface area contributed by atoms with Gasteiger partial charge >= 0.3 is 0 Å². The molecule has 9 heteroatoms. The number of nitrogens with zero attached hydrogens (tertiary/aromatic N) is 3. The summed E-state index contributed by atoms with van der Waals surface area (Å²) in [5.74, 6) is -0.273. The van der Waals surface area contributed by atoms with E-state index in [-0.39, 0.29) is 11.5 Å². The van der Waals surface area contributed by atoms with Crippen LogP contribution in [0.1, 0.15) is 35.3 Å². The highest BCUT2D eigenvalue weighted by Gasteiger charge is 2.15. The molecule has 0 aliphatic carbocycles. The molecule has 3 heterocycles. The average molecular weight is 442 g/mol. The number of anilines is 1. The Balaban J connectivity index is 1.51. The highest BCUT2D eigenvalue weighted by molar-refractivity contribution is 7.71. The number of amides is 1. The van der Waals surface area contributed by atoms with Gasteiger partial charge in [0.05, 0.1) is 16.6 Å². The summed E-state index contributed by atoms with van der Waals surface area (Å²) in [5.41, 5.74) is 1.73. The molecule has 0 radical (unpaired) electrons. The monoisotopic (exact) mass is 441 g/mol. The fourth-order valence-electron chi connectivity index (χ4n) is 3.64. The summed E-state index contributed by atoms with van der Waals surface area (Å²) in [5, 5.41) is 5.89. The van der Waals surface area contributed by atoms with Gasteiger partial charge in [0, 0.05) is 24.0 Å². The third-order valence-corrected chi connectivity index (χ3v) is 6.29. The summed E-state index contributed by atoms with van der Waals surface area (Å²) in [6.07, 6.45) is 5.38. The van der Waals surface area contributed by atoms with E-state index in [9.17, 15) is 9.59 Å². The maximum Gasteiger partial charge on any atom is 0.262 e. The van der Waals surface area contributed by atoms with Crippen LogP contribution in [0.25, 0.3) is 10.9 Å². The number of hydrogen-bond acceptors (Lipinski definition) is 6. The normalized spacial score (nSPS) is 14.7.